The molecule has 0 aliphatic heterocycles. The van der Waals surface area contributed by atoms with E-state index in [2.05, 4.69) is 34.1 Å². The number of fused-ring (bicyclic) bond motifs is 1. The van der Waals surface area contributed by atoms with Gasteiger partial charge >= 0.3 is 0 Å². The summed E-state index contributed by atoms with van der Waals surface area (Å²) in [5, 5.41) is 8.58. The Morgan fingerprint density at radius 1 is 1.44 bits per heavy atom. The molecule has 18 heavy (non-hydrogen) atoms. The van der Waals surface area contributed by atoms with Crippen molar-refractivity contribution in [3.05, 3.63) is 24.7 Å². The van der Waals surface area contributed by atoms with Gasteiger partial charge in [-0.15, -0.1) is 0 Å². The van der Waals surface area contributed by atoms with Gasteiger partial charge in [0.1, 0.15) is 5.52 Å². The fourth-order valence-corrected chi connectivity index (χ4v) is 3.85. The van der Waals surface area contributed by atoms with Crippen molar-refractivity contribution in [2.75, 3.05) is 11.1 Å². The predicted octanol–water partition coefficient (Wildman–Crippen LogP) is 2.82. The van der Waals surface area contributed by atoms with Gasteiger partial charge in [0.2, 0.25) is 0 Å². The maximum atomic E-state index is 4.46. The van der Waals surface area contributed by atoms with Gasteiger partial charge in [0.15, 0.2) is 5.82 Å². The Morgan fingerprint density at radius 2 is 2.39 bits per heavy atom. The Hall–Kier alpha value is -1.23. The van der Waals surface area contributed by atoms with Crippen LogP contribution in [0.5, 0.6) is 0 Å². The van der Waals surface area contributed by atoms with Gasteiger partial charge in [-0.05, 0) is 24.7 Å². The maximum Gasteiger partial charge on any atom is 0.152 e. The van der Waals surface area contributed by atoms with Crippen LogP contribution in [-0.2, 0) is 0 Å². The smallest absolute Gasteiger partial charge is 0.152 e. The summed E-state index contributed by atoms with van der Waals surface area (Å²) < 4.78 is 1.87. The summed E-state index contributed by atoms with van der Waals surface area (Å²) in [7, 11) is 0. The zero-order chi connectivity index (χ0) is 12.4. The van der Waals surface area contributed by atoms with Gasteiger partial charge < -0.3 is 5.32 Å². The van der Waals surface area contributed by atoms with E-state index in [0.29, 0.717) is 6.04 Å². The van der Waals surface area contributed by atoms with Crippen molar-refractivity contribution < 1.29 is 0 Å². The molecule has 1 aliphatic carbocycles. The first kappa shape index (κ1) is 11.8. The molecule has 96 valence electrons. The molecule has 0 saturated heterocycles. The van der Waals surface area contributed by atoms with Crippen molar-refractivity contribution in [3.63, 3.8) is 0 Å². The minimum absolute atomic E-state index is 0.545. The second-order valence-electron chi connectivity index (χ2n) is 4.61. The lowest BCUT2D eigenvalue weighted by Gasteiger charge is -2.20. The third-order valence-electron chi connectivity index (χ3n) is 3.48. The number of anilines is 1. The molecule has 1 saturated carbocycles. The lowest BCUT2D eigenvalue weighted by Crippen LogP contribution is -2.26. The maximum absolute atomic E-state index is 4.46. The highest BCUT2D eigenvalue weighted by atomic mass is 32.2. The summed E-state index contributed by atoms with van der Waals surface area (Å²) in [5.74, 6) is 2.15. The van der Waals surface area contributed by atoms with Crippen LogP contribution in [0.15, 0.2) is 24.7 Å². The van der Waals surface area contributed by atoms with Gasteiger partial charge in [-0.1, -0.05) is 13.3 Å². The lowest BCUT2D eigenvalue weighted by atomic mass is 10.2. The molecular formula is C13H18N4S. The van der Waals surface area contributed by atoms with Crippen LogP contribution in [0.4, 0.5) is 5.82 Å². The molecule has 2 atom stereocenters. The highest BCUT2D eigenvalue weighted by Gasteiger charge is 2.27. The lowest BCUT2D eigenvalue weighted by molar-refractivity contribution is 0.761. The van der Waals surface area contributed by atoms with Crippen molar-refractivity contribution >= 4 is 23.1 Å². The number of aromatic nitrogens is 3. The summed E-state index contributed by atoms with van der Waals surface area (Å²) in [6.07, 6.45) is 9.38. The summed E-state index contributed by atoms with van der Waals surface area (Å²) in [6.45, 7) is 2.23. The number of nitrogens with one attached hydrogen (secondary N) is 1. The third kappa shape index (κ3) is 2.19. The van der Waals surface area contributed by atoms with Gasteiger partial charge in [0, 0.05) is 23.7 Å². The molecule has 1 aliphatic rings. The zero-order valence-electron chi connectivity index (χ0n) is 10.5. The van der Waals surface area contributed by atoms with Crippen molar-refractivity contribution in [3.8, 4) is 0 Å². The molecule has 0 spiro atoms. The molecule has 2 unspecified atom stereocenters. The van der Waals surface area contributed by atoms with E-state index in [1.807, 2.05) is 23.0 Å². The predicted molar refractivity (Wildman–Crippen MR) is 76.2 cm³/mol. The molecule has 1 fully saturated rings. The first-order valence-electron chi connectivity index (χ1n) is 6.55. The number of nitrogens with zero attached hydrogens (tertiary/aromatic N) is 3. The molecular weight excluding hydrogens is 244 g/mol. The molecule has 3 rings (SSSR count). The van der Waals surface area contributed by atoms with E-state index >= 15 is 0 Å². The molecule has 1 N–H and O–H groups in total. The van der Waals surface area contributed by atoms with E-state index in [-0.39, 0.29) is 0 Å². The fourth-order valence-electron chi connectivity index (χ4n) is 2.65. The van der Waals surface area contributed by atoms with Gasteiger partial charge in [-0.2, -0.15) is 16.9 Å². The van der Waals surface area contributed by atoms with Crippen LogP contribution in [-0.4, -0.2) is 31.6 Å². The van der Waals surface area contributed by atoms with E-state index in [1.54, 1.807) is 6.20 Å². The van der Waals surface area contributed by atoms with Crippen LogP contribution in [0, 0.1) is 0 Å². The van der Waals surface area contributed by atoms with Crippen LogP contribution in [0.25, 0.3) is 5.52 Å². The monoisotopic (exact) mass is 262 g/mol. The molecule has 2 heterocycles. The van der Waals surface area contributed by atoms with Crippen LogP contribution >= 0.6 is 11.8 Å². The minimum Gasteiger partial charge on any atom is -0.364 e. The Balaban J connectivity index is 1.81. The number of thioether (sulfide) groups is 1. The molecule has 4 nitrogen and oxygen atoms in total. The Morgan fingerprint density at radius 3 is 3.28 bits per heavy atom. The quantitative estimate of drug-likeness (QED) is 0.920. The number of hydrogen-bond acceptors (Lipinski definition) is 4. The Labute approximate surface area is 111 Å². The summed E-state index contributed by atoms with van der Waals surface area (Å²) in [4.78, 5) is 4.46. The van der Waals surface area contributed by atoms with E-state index in [9.17, 15) is 0 Å². The number of hydrogen-bond donors (Lipinski definition) is 1. The third-order valence-corrected chi connectivity index (χ3v) is 4.81. The van der Waals surface area contributed by atoms with Gasteiger partial charge in [-0.25, -0.2) is 9.50 Å². The molecule has 0 aromatic carbocycles. The molecule has 5 heteroatoms. The average molecular weight is 262 g/mol. The van der Waals surface area contributed by atoms with E-state index in [4.69, 9.17) is 0 Å². The van der Waals surface area contributed by atoms with Gasteiger partial charge in [0.05, 0.1) is 6.20 Å². The SMILES string of the molecule is CCSC1CCCC1Nc1nccn2nccc12. The largest absolute Gasteiger partial charge is 0.364 e. The summed E-state index contributed by atoms with van der Waals surface area (Å²) >= 11 is 2.06. The van der Waals surface area contributed by atoms with Crippen molar-refractivity contribution in [2.45, 2.75) is 37.5 Å². The number of rotatable bonds is 4. The van der Waals surface area contributed by atoms with Crippen LogP contribution < -0.4 is 5.32 Å². The van der Waals surface area contributed by atoms with Crippen LogP contribution in [0.2, 0.25) is 0 Å². The molecule has 2 aromatic rings. The highest BCUT2D eigenvalue weighted by molar-refractivity contribution is 7.99. The average Bonchev–Trinajstić information content (AvgIpc) is 3.00. The van der Waals surface area contributed by atoms with Gasteiger partial charge in [0.25, 0.3) is 0 Å². The van der Waals surface area contributed by atoms with E-state index < -0.39 is 0 Å². The van der Waals surface area contributed by atoms with Crippen molar-refractivity contribution in [2.24, 2.45) is 0 Å². The van der Waals surface area contributed by atoms with E-state index in [1.165, 1.54) is 25.0 Å². The summed E-state index contributed by atoms with van der Waals surface area (Å²) in [6, 6.07) is 2.55. The Bertz CT molecular complexity index is 524. The molecule has 2 aromatic heterocycles. The van der Waals surface area contributed by atoms with E-state index in [0.717, 1.165) is 16.6 Å². The Kier molecular flexibility index (Phi) is 3.41. The summed E-state index contributed by atoms with van der Waals surface area (Å²) in [5.41, 5.74) is 1.06. The van der Waals surface area contributed by atoms with Crippen LogP contribution in [0.3, 0.4) is 0 Å². The first-order chi connectivity index (χ1) is 8.88. The molecule has 0 amide bonds. The topological polar surface area (TPSA) is 42.2 Å². The molecule has 0 bridgehead atoms. The second kappa shape index (κ2) is 5.18. The van der Waals surface area contributed by atoms with Crippen molar-refractivity contribution in [1.82, 2.24) is 14.6 Å². The molecule has 0 radical (unpaired) electrons. The standard InChI is InChI=1S/C13H18N4S/c1-2-18-12-5-3-4-10(12)16-13-11-6-7-15-17(11)9-8-14-13/h6-10,12H,2-5H2,1H3,(H,14,16). The normalized spacial score (nSPS) is 23.6. The highest BCUT2D eigenvalue weighted by Crippen LogP contribution is 2.32. The fraction of sp³-hybridized carbons (Fsp3) is 0.538. The zero-order valence-corrected chi connectivity index (χ0v) is 11.4. The minimum atomic E-state index is 0.545. The van der Waals surface area contributed by atoms with Gasteiger partial charge in [-0.3, -0.25) is 0 Å². The second-order valence-corrected chi connectivity index (χ2v) is 6.13. The van der Waals surface area contributed by atoms with Crippen molar-refractivity contribution in [1.29, 1.82) is 0 Å². The first-order valence-corrected chi connectivity index (χ1v) is 7.60. The van der Waals surface area contributed by atoms with Crippen LogP contribution in [0.1, 0.15) is 26.2 Å².